The number of nitrogens with zero attached hydrogens (tertiary/aromatic N) is 1. The van der Waals surface area contributed by atoms with Gasteiger partial charge in [0, 0.05) is 12.6 Å². The van der Waals surface area contributed by atoms with Crippen molar-refractivity contribution in [1.29, 1.82) is 0 Å². The van der Waals surface area contributed by atoms with E-state index in [1.807, 2.05) is 0 Å². The lowest BCUT2D eigenvalue weighted by Gasteiger charge is -2.20. The molecule has 0 radical (unpaired) electrons. The van der Waals surface area contributed by atoms with Gasteiger partial charge in [0.15, 0.2) is 0 Å². The third-order valence-electron chi connectivity index (χ3n) is 2.44. The molecule has 1 rings (SSSR count). The first-order chi connectivity index (χ1) is 7.67. The summed E-state index contributed by atoms with van der Waals surface area (Å²) in [6.45, 7) is 8.56. The summed E-state index contributed by atoms with van der Waals surface area (Å²) in [5.74, 6) is 0. The van der Waals surface area contributed by atoms with Crippen LogP contribution in [0.1, 0.15) is 6.42 Å². The molecule has 0 aromatic heterocycles. The van der Waals surface area contributed by atoms with E-state index < -0.39 is 0 Å². The van der Waals surface area contributed by atoms with Crippen LogP contribution in [0, 0.1) is 0 Å². The number of rotatable bonds is 7. The normalized spacial score (nSPS) is 24.1. The van der Waals surface area contributed by atoms with E-state index in [4.69, 9.17) is 4.84 Å². The smallest absolute Gasteiger partial charge is 0.233 e. The summed E-state index contributed by atoms with van der Waals surface area (Å²) < 4.78 is 0. The van der Waals surface area contributed by atoms with Crippen molar-refractivity contribution in [3.05, 3.63) is 24.8 Å². The van der Waals surface area contributed by atoms with E-state index in [2.05, 4.69) is 18.5 Å². The molecule has 5 nitrogen and oxygen atoms in total. The molecule has 90 valence electrons. The van der Waals surface area contributed by atoms with Crippen LogP contribution in [0.15, 0.2) is 24.8 Å². The zero-order valence-corrected chi connectivity index (χ0v) is 9.26. The predicted molar refractivity (Wildman–Crippen MR) is 60.5 cm³/mol. The van der Waals surface area contributed by atoms with Gasteiger partial charge in [0.25, 0.3) is 0 Å². The van der Waals surface area contributed by atoms with Gasteiger partial charge in [-0.1, -0.05) is 12.7 Å². The number of hydrogen-bond donors (Lipinski definition) is 2. The minimum Gasteiger partial charge on any atom is -0.392 e. The number of amides is 1. The average Bonchev–Trinajstić information content (AvgIpc) is 2.70. The highest BCUT2D eigenvalue weighted by atomic mass is 16.7. The fourth-order valence-electron chi connectivity index (χ4n) is 1.60. The molecule has 1 amide bonds. The Morgan fingerprint density at radius 2 is 2.44 bits per heavy atom. The topological polar surface area (TPSA) is 61.8 Å². The molecule has 0 bridgehead atoms. The van der Waals surface area contributed by atoms with Crippen LogP contribution in [0.4, 0.5) is 0 Å². The molecular formula is C11H18N2O3. The zero-order valence-electron chi connectivity index (χ0n) is 9.26. The Morgan fingerprint density at radius 1 is 1.69 bits per heavy atom. The maximum atomic E-state index is 10.7. The molecule has 0 aromatic carbocycles. The second-order valence-electron chi connectivity index (χ2n) is 3.77. The van der Waals surface area contributed by atoms with Gasteiger partial charge in [0.1, 0.15) is 0 Å². The maximum absolute atomic E-state index is 10.7. The average molecular weight is 226 g/mol. The van der Waals surface area contributed by atoms with Crippen molar-refractivity contribution >= 4 is 6.41 Å². The van der Waals surface area contributed by atoms with E-state index in [9.17, 15) is 9.90 Å². The molecule has 1 aliphatic rings. The van der Waals surface area contributed by atoms with Gasteiger partial charge < -0.3 is 10.4 Å². The van der Waals surface area contributed by atoms with Gasteiger partial charge in [-0.3, -0.25) is 9.63 Å². The molecule has 0 spiro atoms. The van der Waals surface area contributed by atoms with Crippen molar-refractivity contribution in [3.63, 3.8) is 0 Å². The molecule has 0 aromatic rings. The Labute approximate surface area is 95.3 Å². The van der Waals surface area contributed by atoms with Crippen LogP contribution in [0.5, 0.6) is 0 Å². The van der Waals surface area contributed by atoms with Gasteiger partial charge in [0.05, 0.1) is 19.3 Å². The van der Waals surface area contributed by atoms with Gasteiger partial charge in [0.2, 0.25) is 6.41 Å². The van der Waals surface area contributed by atoms with Crippen LogP contribution in [0.2, 0.25) is 0 Å². The largest absolute Gasteiger partial charge is 0.392 e. The summed E-state index contributed by atoms with van der Waals surface area (Å²) in [5.41, 5.74) is 0.827. The van der Waals surface area contributed by atoms with E-state index in [-0.39, 0.29) is 18.8 Å². The SMILES string of the molecule is C=CCON(C=O)CC(=C)[C@@H]1C[C@@H](O)CN1. The highest BCUT2D eigenvalue weighted by Gasteiger charge is 2.24. The summed E-state index contributed by atoms with van der Waals surface area (Å²) in [7, 11) is 0. The summed E-state index contributed by atoms with van der Waals surface area (Å²) in [5, 5.41) is 13.7. The van der Waals surface area contributed by atoms with Crippen molar-refractivity contribution in [2.45, 2.75) is 18.6 Å². The number of aliphatic hydroxyl groups excluding tert-OH is 1. The van der Waals surface area contributed by atoms with Crippen molar-refractivity contribution < 1.29 is 14.7 Å². The number of carbonyl (C=O) groups excluding carboxylic acids is 1. The van der Waals surface area contributed by atoms with Crippen LogP contribution >= 0.6 is 0 Å². The molecular weight excluding hydrogens is 208 g/mol. The predicted octanol–water partition coefficient (Wildman–Crippen LogP) is -0.159. The molecule has 1 saturated heterocycles. The number of β-amino-alcohol motifs (C(OH)–C–C–N with tert-alkyl or cyclic N) is 1. The molecule has 16 heavy (non-hydrogen) atoms. The van der Waals surface area contributed by atoms with E-state index >= 15 is 0 Å². The lowest BCUT2D eigenvalue weighted by atomic mass is 10.1. The molecule has 0 saturated carbocycles. The molecule has 1 aliphatic heterocycles. The summed E-state index contributed by atoms with van der Waals surface area (Å²) in [6, 6.07) is 0.0461. The van der Waals surface area contributed by atoms with Crippen molar-refractivity contribution in [2.75, 3.05) is 19.7 Å². The molecule has 1 heterocycles. The molecule has 2 atom stereocenters. The number of hydrogen-bond acceptors (Lipinski definition) is 4. The Bertz CT molecular complexity index is 268. The molecule has 1 fully saturated rings. The Balaban J connectivity index is 2.36. The third-order valence-corrected chi connectivity index (χ3v) is 2.44. The first-order valence-electron chi connectivity index (χ1n) is 5.22. The van der Waals surface area contributed by atoms with Crippen LogP contribution in [0.25, 0.3) is 0 Å². The first kappa shape index (κ1) is 12.9. The highest BCUT2D eigenvalue weighted by molar-refractivity contribution is 5.46. The van der Waals surface area contributed by atoms with E-state index in [1.54, 1.807) is 6.08 Å². The minimum absolute atomic E-state index is 0.0461. The molecule has 0 aliphatic carbocycles. The van der Waals surface area contributed by atoms with E-state index in [1.165, 1.54) is 5.06 Å². The maximum Gasteiger partial charge on any atom is 0.233 e. The lowest BCUT2D eigenvalue weighted by molar-refractivity contribution is -0.164. The molecule has 5 heteroatoms. The van der Waals surface area contributed by atoms with Crippen molar-refractivity contribution in [3.8, 4) is 0 Å². The molecule has 0 unspecified atom stereocenters. The van der Waals surface area contributed by atoms with Gasteiger partial charge >= 0.3 is 0 Å². The standard InChI is InChI=1S/C11H18N2O3/c1-3-4-16-13(8-14)7-9(2)11-5-10(15)6-12-11/h3,8,10-12,15H,1-2,4-7H2/t10-,11+/m1/s1. The van der Waals surface area contributed by atoms with Gasteiger partial charge in [-0.2, -0.15) is 0 Å². The quantitative estimate of drug-likeness (QED) is 0.360. The van der Waals surface area contributed by atoms with Crippen molar-refractivity contribution in [1.82, 2.24) is 10.4 Å². The first-order valence-corrected chi connectivity index (χ1v) is 5.22. The number of carbonyl (C=O) groups is 1. The van der Waals surface area contributed by atoms with Gasteiger partial charge in [-0.15, -0.1) is 6.58 Å². The number of hydroxylamine groups is 2. The third kappa shape index (κ3) is 3.77. The highest BCUT2D eigenvalue weighted by Crippen LogP contribution is 2.14. The summed E-state index contributed by atoms with van der Waals surface area (Å²) >= 11 is 0. The van der Waals surface area contributed by atoms with Crippen LogP contribution in [-0.4, -0.2) is 48.4 Å². The summed E-state index contributed by atoms with van der Waals surface area (Å²) in [6.07, 6.45) is 2.48. The zero-order chi connectivity index (χ0) is 12.0. The Morgan fingerprint density at radius 3 is 2.94 bits per heavy atom. The Hall–Kier alpha value is -1.17. The van der Waals surface area contributed by atoms with Crippen molar-refractivity contribution in [2.24, 2.45) is 0 Å². The van der Waals surface area contributed by atoms with Gasteiger partial charge in [-0.05, 0) is 12.0 Å². The fourth-order valence-corrected chi connectivity index (χ4v) is 1.60. The van der Waals surface area contributed by atoms with E-state index in [0.29, 0.717) is 25.9 Å². The minimum atomic E-state index is -0.333. The number of nitrogens with one attached hydrogen (secondary N) is 1. The van der Waals surface area contributed by atoms with Crippen LogP contribution in [-0.2, 0) is 9.63 Å². The van der Waals surface area contributed by atoms with E-state index in [0.717, 1.165) is 5.57 Å². The van der Waals surface area contributed by atoms with Gasteiger partial charge in [-0.25, -0.2) is 5.06 Å². The van der Waals surface area contributed by atoms with Crippen LogP contribution < -0.4 is 5.32 Å². The van der Waals surface area contributed by atoms with Crippen LogP contribution in [0.3, 0.4) is 0 Å². The lowest BCUT2D eigenvalue weighted by Crippen LogP contribution is -2.32. The second-order valence-corrected chi connectivity index (χ2v) is 3.77. The second kappa shape index (κ2) is 6.42. The Kier molecular flexibility index (Phi) is 5.18. The molecule has 2 N–H and O–H groups in total. The monoisotopic (exact) mass is 226 g/mol. The number of aliphatic hydroxyl groups is 1. The summed E-state index contributed by atoms with van der Waals surface area (Å²) in [4.78, 5) is 15.8. The fraction of sp³-hybridized carbons (Fsp3) is 0.545.